The first kappa shape index (κ1) is 24.6. The summed E-state index contributed by atoms with van der Waals surface area (Å²) in [5.41, 5.74) is 3.87. The van der Waals surface area contributed by atoms with Gasteiger partial charge in [-0.05, 0) is 60.0 Å². The third-order valence-corrected chi connectivity index (χ3v) is 6.75. The second-order valence-electron chi connectivity index (χ2n) is 9.31. The zero-order chi connectivity index (χ0) is 25.8. The molecule has 2 heterocycles. The minimum atomic E-state index is -0.374. The summed E-state index contributed by atoms with van der Waals surface area (Å²) in [6, 6.07) is 22.6. The van der Waals surface area contributed by atoms with Gasteiger partial charge in [0.1, 0.15) is 23.7 Å². The van der Waals surface area contributed by atoms with E-state index in [1.54, 1.807) is 13.2 Å². The van der Waals surface area contributed by atoms with E-state index in [0.717, 1.165) is 41.9 Å². The van der Waals surface area contributed by atoms with Gasteiger partial charge in [-0.2, -0.15) is 0 Å². The van der Waals surface area contributed by atoms with E-state index in [0.29, 0.717) is 36.6 Å². The number of hydrogen-bond donors (Lipinski definition) is 0. The molecule has 0 radical (unpaired) electrons. The van der Waals surface area contributed by atoms with E-state index >= 15 is 0 Å². The molecule has 7 heteroatoms. The van der Waals surface area contributed by atoms with Gasteiger partial charge in [-0.15, -0.1) is 0 Å². The molecule has 4 aromatic rings. The first-order valence-electron chi connectivity index (χ1n) is 12.4. The van der Waals surface area contributed by atoms with Crippen molar-refractivity contribution in [3.8, 4) is 11.5 Å². The molecule has 0 unspecified atom stereocenters. The van der Waals surface area contributed by atoms with E-state index in [9.17, 15) is 9.59 Å². The van der Waals surface area contributed by atoms with Gasteiger partial charge in [-0.1, -0.05) is 24.3 Å². The van der Waals surface area contributed by atoms with E-state index in [4.69, 9.17) is 13.9 Å². The van der Waals surface area contributed by atoms with Crippen LogP contribution < -0.4 is 15.1 Å². The number of benzene rings is 3. The van der Waals surface area contributed by atoms with Crippen LogP contribution in [0.5, 0.6) is 11.5 Å². The smallest absolute Gasteiger partial charge is 0.336 e. The van der Waals surface area contributed by atoms with Crippen LogP contribution in [0, 0.1) is 6.92 Å². The van der Waals surface area contributed by atoms with Gasteiger partial charge in [0.25, 0.3) is 5.91 Å². The van der Waals surface area contributed by atoms with Gasteiger partial charge in [-0.25, -0.2) is 4.79 Å². The van der Waals surface area contributed by atoms with Gasteiger partial charge >= 0.3 is 5.63 Å². The zero-order valence-corrected chi connectivity index (χ0v) is 21.1. The molecular weight excluding hydrogens is 468 g/mol. The van der Waals surface area contributed by atoms with E-state index in [2.05, 4.69) is 17.0 Å². The molecule has 0 N–H and O–H groups in total. The number of carbonyl (C=O) groups is 1. The van der Waals surface area contributed by atoms with Crippen LogP contribution >= 0.6 is 0 Å². The number of amides is 1. The van der Waals surface area contributed by atoms with Crippen molar-refractivity contribution < 1.29 is 18.7 Å². The molecular formula is C30H30N2O5. The summed E-state index contributed by atoms with van der Waals surface area (Å²) in [6.45, 7) is 6.19. The third-order valence-electron chi connectivity index (χ3n) is 6.75. The van der Waals surface area contributed by atoms with Gasteiger partial charge in [0.2, 0.25) is 0 Å². The Morgan fingerprint density at radius 3 is 2.24 bits per heavy atom. The van der Waals surface area contributed by atoms with Gasteiger partial charge in [0.15, 0.2) is 0 Å². The Morgan fingerprint density at radius 1 is 0.865 bits per heavy atom. The topological polar surface area (TPSA) is 72.2 Å². The normalized spacial score (nSPS) is 14.1. The van der Waals surface area contributed by atoms with Gasteiger partial charge in [-0.3, -0.25) is 9.69 Å². The maximum atomic E-state index is 13.0. The van der Waals surface area contributed by atoms with E-state index < -0.39 is 0 Å². The molecule has 1 fully saturated rings. The highest BCUT2D eigenvalue weighted by Crippen LogP contribution is 2.23. The third kappa shape index (κ3) is 5.84. The molecule has 0 spiro atoms. The van der Waals surface area contributed by atoms with E-state index in [-0.39, 0.29) is 11.5 Å². The predicted octanol–water partition coefficient (Wildman–Crippen LogP) is 4.65. The first-order chi connectivity index (χ1) is 18.0. The molecule has 190 valence electrons. The average molecular weight is 499 g/mol. The van der Waals surface area contributed by atoms with Crippen molar-refractivity contribution in [2.45, 2.75) is 20.1 Å². The number of fused-ring (bicyclic) bond motifs is 1. The second-order valence-corrected chi connectivity index (χ2v) is 9.31. The lowest BCUT2D eigenvalue weighted by Crippen LogP contribution is -2.48. The lowest BCUT2D eigenvalue weighted by molar-refractivity contribution is 0.0628. The number of rotatable bonds is 7. The molecule has 1 aliphatic rings. The molecule has 0 aliphatic carbocycles. The fourth-order valence-corrected chi connectivity index (χ4v) is 4.59. The summed E-state index contributed by atoms with van der Waals surface area (Å²) >= 11 is 0. The molecule has 3 aromatic carbocycles. The summed E-state index contributed by atoms with van der Waals surface area (Å²) in [6.07, 6.45) is 0. The number of nitrogens with zero attached hydrogens (tertiary/aromatic N) is 2. The summed E-state index contributed by atoms with van der Waals surface area (Å²) < 4.78 is 16.4. The van der Waals surface area contributed by atoms with Crippen LogP contribution in [0.15, 0.2) is 82.0 Å². The first-order valence-corrected chi connectivity index (χ1v) is 12.4. The van der Waals surface area contributed by atoms with Crippen molar-refractivity contribution in [2.24, 2.45) is 0 Å². The Bertz CT molecular complexity index is 1440. The SMILES string of the molecule is COc1ccc(CN2CCN(C(=O)c3ccc(COc4ccc5c(C)cc(=O)oc5c4)cc3)CC2)cc1. The summed E-state index contributed by atoms with van der Waals surface area (Å²) in [5, 5.41) is 0.886. The molecule has 1 aromatic heterocycles. The van der Waals surface area contributed by atoms with Gasteiger partial charge < -0.3 is 18.8 Å². The predicted molar refractivity (Wildman–Crippen MR) is 142 cm³/mol. The number of methoxy groups -OCH3 is 1. The number of hydrogen-bond acceptors (Lipinski definition) is 6. The Hall–Kier alpha value is -4.10. The number of ether oxygens (including phenoxy) is 2. The summed E-state index contributed by atoms with van der Waals surface area (Å²) in [4.78, 5) is 29.0. The maximum Gasteiger partial charge on any atom is 0.336 e. The highest BCUT2D eigenvalue weighted by molar-refractivity contribution is 5.94. The minimum Gasteiger partial charge on any atom is -0.497 e. The number of piperazine rings is 1. The lowest BCUT2D eigenvalue weighted by Gasteiger charge is -2.34. The van der Waals surface area contributed by atoms with Crippen LogP contribution in [0.4, 0.5) is 0 Å². The average Bonchev–Trinajstić information content (AvgIpc) is 2.92. The summed E-state index contributed by atoms with van der Waals surface area (Å²) in [5.74, 6) is 1.53. The zero-order valence-electron chi connectivity index (χ0n) is 21.1. The molecule has 37 heavy (non-hydrogen) atoms. The number of carbonyl (C=O) groups excluding carboxylic acids is 1. The monoisotopic (exact) mass is 498 g/mol. The van der Waals surface area contributed by atoms with E-state index in [1.807, 2.05) is 60.4 Å². The molecule has 5 rings (SSSR count). The molecule has 1 saturated heterocycles. The Balaban J connectivity index is 1.13. The fraction of sp³-hybridized carbons (Fsp3) is 0.267. The van der Waals surface area contributed by atoms with Crippen molar-refractivity contribution >= 4 is 16.9 Å². The summed E-state index contributed by atoms with van der Waals surface area (Å²) in [7, 11) is 1.67. The standard InChI is InChI=1S/C30H30N2O5/c1-21-17-29(33)37-28-18-26(11-12-27(21)28)36-20-23-3-7-24(8-4-23)30(34)32-15-13-31(14-16-32)19-22-5-9-25(35-2)10-6-22/h3-12,17-18H,13-16,19-20H2,1-2H3. The second kappa shape index (κ2) is 10.9. The molecule has 1 amide bonds. The molecule has 0 bridgehead atoms. The van der Waals surface area contributed by atoms with Crippen LogP contribution in [-0.4, -0.2) is 49.0 Å². The molecule has 7 nitrogen and oxygen atoms in total. The highest BCUT2D eigenvalue weighted by Gasteiger charge is 2.22. The Labute approximate surface area is 215 Å². The number of aryl methyl sites for hydroxylation is 1. The van der Waals surface area contributed by atoms with Crippen molar-refractivity contribution in [1.82, 2.24) is 9.80 Å². The Kier molecular flexibility index (Phi) is 7.23. The van der Waals surface area contributed by atoms with Crippen LogP contribution in [0.3, 0.4) is 0 Å². The van der Waals surface area contributed by atoms with Crippen LogP contribution in [0.2, 0.25) is 0 Å². The minimum absolute atomic E-state index is 0.0523. The quantitative estimate of drug-likeness (QED) is 0.346. The van der Waals surface area contributed by atoms with Crippen molar-refractivity contribution in [3.05, 3.63) is 105 Å². The van der Waals surface area contributed by atoms with Crippen molar-refractivity contribution in [1.29, 1.82) is 0 Å². The molecule has 0 atom stereocenters. The fourth-order valence-electron chi connectivity index (χ4n) is 4.59. The lowest BCUT2D eigenvalue weighted by atomic mass is 10.1. The Morgan fingerprint density at radius 2 is 1.54 bits per heavy atom. The van der Waals surface area contributed by atoms with Gasteiger partial charge in [0.05, 0.1) is 7.11 Å². The van der Waals surface area contributed by atoms with Crippen molar-refractivity contribution in [3.63, 3.8) is 0 Å². The largest absolute Gasteiger partial charge is 0.497 e. The molecule has 1 aliphatic heterocycles. The van der Waals surface area contributed by atoms with Gasteiger partial charge in [0, 0.05) is 55.8 Å². The van der Waals surface area contributed by atoms with Crippen LogP contribution in [-0.2, 0) is 13.2 Å². The molecule has 0 saturated carbocycles. The van der Waals surface area contributed by atoms with Crippen molar-refractivity contribution in [2.75, 3.05) is 33.3 Å². The maximum absolute atomic E-state index is 13.0. The van der Waals surface area contributed by atoms with E-state index in [1.165, 1.54) is 11.6 Å². The van der Waals surface area contributed by atoms with Crippen LogP contribution in [0.25, 0.3) is 11.0 Å². The van der Waals surface area contributed by atoms with Crippen LogP contribution in [0.1, 0.15) is 27.0 Å². The highest BCUT2D eigenvalue weighted by atomic mass is 16.5.